The van der Waals surface area contributed by atoms with Gasteiger partial charge in [-0.2, -0.15) is 0 Å². The average molecular weight is 353 g/mol. The lowest BCUT2D eigenvalue weighted by atomic mass is 9.93. The molecule has 0 radical (unpaired) electrons. The summed E-state index contributed by atoms with van der Waals surface area (Å²) in [6.07, 6.45) is 1.15. The van der Waals surface area contributed by atoms with E-state index in [4.69, 9.17) is 4.74 Å². The van der Waals surface area contributed by atoms with Gasteiger partial charge >= 0.3 is 6.03 Å². The number of likely N-dealkylation sites (tertiary alicyclic amines) is 1. The van der Waals surface area contributed by atoms with Gasteiger partial charge in [0, 0.05) is 50.1 Å². The fraction of sp³-hybridized carbons (Fsp3) is 0.765. The van der Waals surface area contributed by atoms with Crippen LogP contribution < -0.4 is 5.32 Å². The average Bonchev–Trinajstić information content (AvgIpc) is 2.81. The quantitative estimate of drug-likeness (QED) is 0.905. The van der Waals surface area contributed by atoms with E-state index in [0.717, 1.165) is 49.9 Å². The molecule has 6 nitrogen and oxygen atoms in total. The Morgan fingerprint density at radius 2 is 2.29 bits per heavy atom. The van der Waals surface area contributed by atoms with E-state index in [1.54, 1.807) is 11.3 Å². The number of rotatable bonds is 3. The Balaban J connectivity index is 1.56. The van der Waals surface area contributed by atoms with Crippen molar-refractivity contribution in [2.45, 2.75) is 45.9 Å². The molecule has 134 valence electrons. The van der Waals surface area contributed by atoms with E-state index in [9.17, 15) is 4.79 Å². The number of fused-ring (bicyclic) bond motifs is 1. The third kappa shape index (κ3) is 4.46. The maximum absolute atomic E-state index is 12.2. The van der Waals surface area contributed by atoms with Gasteiger partial charge < -0.3 is 15.0 Å². The predicted octanol–water partition coefficient (Wildman–Crippen LogP) is 2.09. The summed E-state index contributed by atoms with van der Waals surface area (Å²) in [5.41, 5.74) is 1.16. The van der Waals surface area contributed by atoms with E-state index in [-0.39, 0.29) is 18.2 Å². The largest absolute Gasteiger partial charge is 0.375 e. The molecule has 0 saturated carbocycles. The van der Waals surface area contributed by atoms with Gasteiger partial charge in [-0.3, -0.25) is 4.90 Å². The van der Waals surface area contributed by atoms with Gasteiger partial charge in [0.15, 0.2) is 0 Å². The molecule has 2 aliphatic rings. The second kappa shape index (κ2) is 7.80. The van der Waals surface area contributed by atoms with E-state index in [0.29, 0.717) is 12.5 Å². The molecule has 7 heteroatoms. The SMILES string of the molecule is Cc1nc(CN2CCO[C@@H]3CN(C(=O)NC(C)C)CC[C@@H]3C2)cs1. The number of nitrogens with one attached hydrogen (secondary N) is 1. The first kappa shape index (κ1) is 17.6. The van der Waals surface area contributed by atoms with Crippen molar-refractivity contribution in [3.05, 3.63) is 16.1 Å². The lowest BCUT2D eigenvalue weighted by Crippen LogP contribution is -2.52. The molecule has 2 saturated heterocycles. The summed E-state index contributed by atoms with van der Waals surface area (Å²) in [7, 11) is 0. The number of hydrogen-bond donors (Lipinski definition) is 1. The monoisotopic (exact) mass is 352 g/mol. The number of nitrogens with zero attached hydrogens (tertiary/aromatic N) is 3. The van der Waals surface area contributed by atoms with Crippen molar-refractivity contribution in [2.24, 2.45) is 5.92 Å². The van der Waals surface area contributed by atoms with Gasteiger partial charge in [0.05, 0.1) is 23.4 Å². The maximum Gasteiger partial charge on any atom is 0.317 e. The fourth-order valence-corrected chi connectivity index (χ4v) is 4.10. The van der Waals surface area contributed by atoms with Crippen molar-refractivity contribution >= 4 is 17.4 Å². The first-order chi connectivity index (χ1) is 11.5. The highest BCUT2D eigenvalue weighted by atomic mass is 32.1. The number of amides is 2. The van der Waals surface area contributed by atoms with E-state index in [1.807, 2.05) is 25.7 Å². The Bertz CT molecular complexity index is 563. The van der Waals surface area contributed by atoms with Crippen LogP contribution in [0.15, 0.2) is 5.38 Å². The molecule has 1 aromatic heterocycles. The molecule has 2 amide bonds. The van der Waals surface area contributed by atoms with Crippen molar-refractivity contribution in [1.82, 2.24) is 20.1 Å². The molecule has 0 unspecified atom stereocenters. The first-order valence-electron chi connectivity index (χ1n) is 8.81. The van der Waals surface area contributed by atoms with Crippen molar-refractivity contribution < 1.29 is 9.53 Å². The molecule has 0 spiro atoms. The van der Waals surface area contributed by atoms with E-state index >= 15 is 0 Å². The van der Waals surface area contributed by atoms with Crippen LogP contribution in [0.2, 0.25) is 0 Å². The minimum atomic E-state index is 0.0334. The Labute approximate surface area is 148 Å². The molecule has 0 aromatic carbocycles. The van der Waals surface area contributed by atoms with E-state index in [1.165, 1.54) is 0 Å². The Hall–Kier alpha value is -1.18. The molecule has 2 aliphatic heterocycles. The van der Waals surface area contributed by atoms with Gasteiger partial charge in [-0.25, -0.2) is 9.78 Å². The Kier molecular flexibility index (Phi) is 5.73. The molecule has 24 heavy (non-hydrogen) atoms. The number of urea groups is 1. The second-order valence-corrected chi connectivity index (χ2v) is 8.16. The van der Waals surface area contributed by atoms with Gasteiger partial charge in [-0.05, 0) is 27.2 Å². The number of hydrogen-bond acceptors (Lipinski definition) is 5. The van der Waals surface area contributed by atoms with Crippen LogP contribution in [-0.2, 0) is 11.3 Å². The zero-order valence-electron chi connectivity index (χ0n) is 14.8. The third-order valence-electron chi connectivity index (χ3n) is 4.68. The van der Waals surface area contributed by atoms with Crippen molar-refractivity contribution in [1.29, 1.82) is 0 Å². The number of aromatic nitrogens is 1. The van der Waals surface area contributed by atoms with Crippen LogP contribution in [0.25, 0.3) is 0 Å². The molecule has 1 N–H and O–H groups in total. The Morgan fingerprint density at radius 3 is 3.00 bits per heavy atom. The smallest absolute Gasteiger partial charge is 0.317 e. The number of carbonyl (C=O) groups excluding carboxylic acids is 1. The minimum Gasteiger partial charge on any atom is -0.375 e. The van der Waals surface area contributed by atoms with E-state index in [2.05, 4.69) is 20.6 Å². The fourth-order valence-electron chi connectivity index (χ4n) is 3.50. The summed E-state index contributed by atoms with van der Waals surface area (Å²) in [6.45, 7) is 11.1. The number of thiazole rings is 1. The van der Waals surface area contributed by atoms with Crippen LogP contribution in [0.1, 0.15) is 31.0 Å². The van der Waals surface area contributed by atoms with Crippen LogP contribution >= 0.6 is 11.3 Å². The molecule has 3 rings (SSSR count). The number of piperidine rings is 1. The van der Waals surface area contributed by atoms with Gasteiger partial charge in [-0.1, -0.05) is 0 Å². The first-order valence-corrected chi connectivity index (χ1v) is 9.69. The highest BCUT2D eigenvalue weighted by Gasteiger charge is 2.35. The van der Waals surface area contributed by atoms with Crippen LogP contribution in [-0.4, -0.2) is 65.7 Å². The zero-order chi connectivity index (χ0) is 17.1. The van der Waals surface area contributed by atoms with Crippen LogP contribution in [0.4, 0.5) is 4.79 Å². The number of ether oxygens (including phenoxy) is 1. The molecular weight excluding hydrogens is 324 g/mol. The molecule has 2 atom stereocenters. The van der Waals surface area contributed by atoms with Crippen molar-refractivity contribution in [3.8, 4) is 0 Å². The summed E-state index contributed by atoms with van der Waals surface area (Å²) < 4.78 is 6.08. The summed E-state index contributed by atoms with van der Waals surface area (Å²) in [5, 5.41) is 6.26. The highest BCUT2D eigenvalue weighted by Crippen LogP contribution is 2.25. The minimum absolute atomic E-state index is 0.0334. The molecule has 0 bridgehead atoms. The predicted molar refractivity (Wildman–Crippen MR) is 95.2 cm³/mol. The lowest BCUT2D eigenvalue weighted by molar-refractivity contribution is -0.0113. The van der Waals surface area contributed by atoms with Gasteiger partial charge in [0.2, 0.25) is 0 Å². The standard InChI is InChI=1S/C17H28N4O2S/c1-12(2)18-17(22)21-5-4-14-8-20(6-7-23-16(14)10-21)9-15-11-24-13(3)19-15/h11-12,14,16H,4-10H2,1-3H3,(H,18,22)/t14-,16-/m1/s1. The van der Waals surface area contributed by atoms with Gasteiger partial charge in [0.1, 0.15) is 0 Å². The molecule has 1 aromatic rings. The van der Waals surface area contributed by atoms with Gasteiger partial charge in [0.25, 0.3) is 0 Å². The van der Waals surface area contributed by atoms with Crippen molar-refractivity contribution in [3.63, 3.8) is 0 Å². The van der Waals surface area contributed by atoms with Crippen molar-refractivity contribution in [2.75, 3.05) is 32.8 Å². The zero-order valence-corrected chi connectivity index (χ0v) is 15.6. The van der Waals surface area contributed by atoms with Gasteiger partial charge in [-0.15, -0.1) is 11.3 Å². The van der Waals surface area contributed by atoms with E-state index < -0.39 is 0 Å². The normalized spacial score (nSPS) is 25.4. The maximum atomic E-state index is 12.2. The highest BCUT2D eigenvalue weighted by molar-refractivity contribution is 7.09. The second-order valence-electron chi connectivity index (χ2n) is 7.10. The molecular formula is C17H28N4O2S. The Morgan fingerprint density at radius 1 is 1.46 bits per heavy atom. The topological polar surface area (TPSA) is 57.7 Å². The van der Waals surface area contributed by atoms with Crippen LogP contribution in [0, 0.1) is 12.8 Å². The number of aryl methyl sites for hydroxylation is 1. The summed E-state index contributed by atoms with van der Waals surface area (Å²) >= 11 is 1.71. The van der Waals surface area contributed by atoms with Crippen LogP contribution in [0.3, 0.4) is 0 Å². The third-order valence-corrected chi connectivity index (χ3v) is 5.50. The summed E-state index contributed by atoms with van der Waals surface area (Å²) in [4.78, 5) is 21.1. The number of carbonyl (C=O) groups is 1. The van der Waals surface area contributed by atoms with Crippen LogP contribution in [0.5, 0.6) is 0 Å². The summed E-state index contributed by atoms with van der Waals surface area (Å²) in [5.74, 6) is 0.496. The summed E-state index contributed by atoms with van der Waals surface area (Å²) in [6, 6.07) is 0.202. The molecule has 2 fully saturated rings. The molecule has 0 aliphatic carbocycles. The molecule has 3 heterocycles. The lowest BCUT2D eigenvalue weighted by Gasteiger charge is -2.38.